The van der Waals surface area contributed by atoms with Crippen molar-refractivity contribution in [2.24, 2.45) is 0 Å². The van der Waals surface area contributed by atoms with Crippen LogP contribution in [0.3, 0.4) is 0 Å². The van der Waals surface area contributed by atoms with E-state index < -0.39 is 0 Å². The number of nitrogens with zero attached hydrogens (tertiary/aromatic N) is 6. The topological polar surface area (TPSA) is 57.6 Å². The molecular formula is C20H30N6O. The van der Waals surface area contributed by atoms with Crippen LogP contribution in [0, 0.1) is 0 Å². The van der Waals surface area contributed by atoms with Crippen LogP contribution in [-0.4, -0.2) is 88.8 Å². The van der Waals surface area contributed by atoms with Gasteiger partial charge in [-0.15, -0.1) is 0 Å². The summed E-state index contributed by atoms with van der Waals surface area (Å²) in [5.41, 5.74) is 2.88. The van der Waals surface area contributed by atoms with E-state index in [1.807, 2.05) is 12.3 Å². The molecule has 2 atom stereocenters. The lowest BCUT2D eigenvalue weighted by Gasteiger charge is -2.47. The van der Waals surface area contributed by atoms with Crippen LogP contribution in [0.2, 0.25) is 0 Å². The standard InChI is InChI=1S/C20H30N6O/c1-15-11-26(17-5-6-22-19-18(17)21-7-8-23-19)13-16(27-15)12-25-10-9-24(4)20(2,3)14-25/h5-8,15-16H,9-14H2,1-4H3/t15-,16+/m1/s1. The van der Waals surface area contributed by atoms with Crippen molar-refractivity contribution in [1.82, 2.24) is 24.8 Å². The molecule has 4 rings (SSSR count). The van der Waals surface area contributed by atoms with Crippen LogP contribution in [0.5, 0.6) is 0 Å². The van der Waals surface area contributed by atoms with E-state index in [0.29, 0.717) is 5.65 Å². The van der Waals surface area contributed by atoms with Crippen molar-refractivity contribution < 1.29 is 4.74 Å². The molecule has 0 radical (unpaired) electrons. The number of morpholine rings is 1. The highest BCUT2D eigenvalue weighted by Crippen LogP contribution is 2.26. The Labute approximate surface area is 161 Å². The Hall–Kier alpha value is -1.83. The van der Waals surface area contributed by atoms with Crippen LogP contribution in [0.25, 0.3) is 11.2 Å². The van der Waals surface area contributed by atoms with Crippen molar-refractivity contribution >= 4 is 16.9 Å². The zero-order valence-corrected chi connectivity index (χ0v) is 16.8. The molecule has 0 bridgehead atoms. The first-order valence-corrected chi connectivity index (χ1v) is 9.82. The molecule has 0 aliphatic carbocycles. The largest absolute Gasteiger partial charge is 0.370 e. The fraction of sp³-hybridized carbons (Fsp3) is 0.650. The molecule has 2 aromatic rings. The van der Waals surface area contributed by atoms with Crippen LogP contribution < -0.4 is 4.90 Å². The smallest absolute Gasteiger partial charge is 0.180 e. The number of ether oxygens (including phenoxy) is 1. The first kappa shape index (κ1) is 18.5. The molecule has 7 nitrogen and oxygen atoms in total. The summed E-state index contributed by atoms with van der Waals surface area (Å²) in [6.07, 6.45) is 5.63. The molecule has 0 unspecified atom stereocenters. The number of anilines is 1. The molecule has 0 spiro atoms. The lowest BCUT2D eigenvalue weighted by Crippen LogP contribution is -2.60. The van der Waals surface area contributed by atoms with Crippen LogP contribution in [0.1, 0.15) is 20.8 Å². The van der Waals surface area contributed by atoms with Crippen LogP contribution in [0.4, 0.5) is 5.69 Å². The molecule has 2 fully saturated rings. The van der Waals surface area contributed by atoms with Gasteiger partial charge in [-0.1, -0.05) is 0 Å². The fourth-order valence-corrected chi connectivity index (χ4v) is 4.25. The van der Waals surface area contributed by atoms with E-state index in [-0.39, 0.29) is 17.7 Å². The number of piperazine rings is 1. The quantitative estimate of drug-likeness (QED) is 0.814. The van der Waals surface area contributed by atoms with Gasteiger partial charge in [-0.3, -0.25) is 9.80 Å². The van der Waals surface area contributed by atoms with Gasteiger partial charge in [0.2, 0.25) is 0 Å². The first-order valence-electron chi connectivity index (χ1n) is 9.82. The maximum Gasteiger partial charge on any atom is 0.180 e. The lowest BCUT2D eigenvalue weighted by atomic mass is 9.99. The van der Waals surface area contributed by atoms with Crippen molar-refractivity contribution in [2.75, 3.05) is 51.2 Å². The summed E-state index contributed by atoms with van der Waals surface area (Å²) in [5, 5.41) is 0. The van der Waals surface area contributed by atoms with Gasteiger partial charge >= 0.3 is 0 Å². The van der Waals surface area contributed by atoms with Crippen LogP contribution >= 0.6 is 0 Å². The van der Waals surface area contributed by atoms with Gasteiger partial charge in [0, 0.05) is 63.4 Å². The summed E-state index contributed by atoms with van der Waals surface area (Å²) in [5.74, 6) is 0. The number of hydrogen-bond donors (Lipinski definition) is 0. The Morgan fingerprint density at radius 1 is 1.11 bits per heavy atom. The highest BCUT2D eigenvalue weighted by Gasteiger charge is 2.34. The van der Waals surface area contributed by atoms with Gasteiger partial charge in [0.15, 0.2) is 5.65 Å². The van der Waals surface area contributed by atoms with Gasteiger partial charge in [-0.05, 0) is 33.9 Å². The molecular weight excluding hydrogens is 340 g/mol. The summed E-state index contributed by atoms with van der Waals surface area (Å²) in [6, 6.07) is 2.05. The number of likely N-dealkylation sites (N-methyl/N-ethyl adjacent to an activating group) is 1. The Bertz CT molecular complexity index is 792. The average Bonchev–Trinajstić information content (AvgIpc) is 2.63. The maximum absolute atomic E-state index is 6.30. The predicted octanol–water partition coefficient (Wildman–Crippen LogP) is 1.64. The van der Waals surface area contributed by atoms with Crippen molar-refractivity contribution in [2.45, 2.75) is 38.5 Å². The van der Waals surface area contributed by atoms with Crippen LogP contribution in [-0.2, 0) is 4.74 Å². The Morgan fingerprint density at radius 3 is 2.70 bits per heavy atom. The molecule has 0 N–H and O–H groups in total. The van der Waals surface area contributed by atoms with Gasteiger partial charge in [0.1, 0.15) is 5.52 Å². The van der Waals surface area contributed by atoms with E-state index in [1.54, 1.807) is 12.4 Å². The third-order valence-electron chi connectivity index (χ3n) is 5.88. The minimum absolute atomic E-state index is 0.184. The molecule has 2 aromatic heterocycles. The van der Waals surface area contributed by atoms with E-state index in [2.05, 4.69) is 57.5 Å². The maximum atomic E-state index is 6.30. The van der Waals surface area contributed by atoms with Gasteiger partial charge < -0.3 is 9.64 Å². The molecule has 0 aromatic carbocycles. The van der Waals surface area contributed by atoms with E-state index in [0.717, 1.165) is 50.5 Å². The molecule has 7 heteroatoms. The number of fused-ring (bicyclic) bond motifs is 1. The molecule has 0 amide bonds. The molecule has 0 saturated carbocycles. The predicted molar refractivity (Wildman–Crippen MR) is 107 cm³/mol. The number of pyridine rings is 1. The monoisotopic (exact) mass is 370 g/mol. The third kappa shape index (κ3) is 3.90. The van der Waals surface area contributed by atoms with Gasteiger partial charge in [0.25, 0.3) is 0 Å². The van der Waals surface area contributed by atoms with Gasteiger partial charge in [0.05, 0.1) is 17.9 Å². The molecule has 4 heterocycles. The lowest BCUT2D eigenvalue weighted by molar-refractivity contribution is -0.0494. The molecule has 146 valence electrons. The second-order valence-electron chi connectivity index (χ2n) is 8.50. The van der Waals surface area contributed by atoms with E-state index in [4.69, 9.17) is 4.74 Å². The third-order valence-corrected chi connectivity index (χ3v) is 5.88. The SMILES string of the molecule is C[C@@H]1CN(c2ccnc3nccnc23)C[C@H](CN2CCN(C)C(C)(C)C2)O1. The van der Waals surface area contributed by atoms with Crippen molar-refractivity contribution in [3.63, 3.8) is 0 Å². The molecule has 2 saturated heterocycles. The Balaban J connectivity index is 1.50. The summed E-state index contributed by atoms with van der Waals surface area (Å²) >= 11 is 0. The minimum atomic E-state index is 0.184. The van der Waals surface area contributed by atoms with E-state index in [1.165, 1.54) is 0 Å². The minimum Gasteiger partial charge on any atom is -0.370 e. The van der Waals surface area contributed by atoms with Gasteiger partial charge in [-0.2, -0.15) is 0 Å². The highest BCUT2D eigenvalue weighted by molar-refractivity contribution is 5.85. The van der Waals surface area contributed by atoms with Crippen molar-refractivity contribution in [3.8, 4) is 0 Å². The molecule has 2 aliphatic rings. The van der Waals surface area contributed by atoms with E-state index >= 15 is 0 Å². The van der Waals surface area contributed by atoms with Crippen molar-refractivity contribution in [1.29, 1.82) is 0 Å². The second kappa shape index (κ2) is 7.30. The number of rotatable bonds is 3. The first-order chi connectivity index (χ1) is 12.9. The average molecular weight is 371 g/mol. The van der Waals surface area contributed by atoms with Crippen LogP contribution in [0.15, 0.2) is 24.7 Å². The Morgan fingerprint density at radius 2 is 1.89 bits per heavy atom. The summed E-state index contributed by atoms with van der Waals surface area (Å²) in [6.45, 7) is 12.8. The fourth-order valence-electron chi connectivity index (χ4n) is 4.25. The van der Waals surface area contributed by atoms with E-state index in [9.17, 15) is 0 Å². The zero-order chi connectivity index (χ0) is 19.0. The molecule has 27 heavy (non-hydrogen) atoms. The highest BCUT2D eigenvalue weighted by atomic mass is 16.5. The number of aromatic nitrogens is 3. The van der Waals surface area contributed by atoms with Crippen molar-refractivity contribution in [3.05, 3.63) is 24.7 Å². The normalized spacial score (nSPS) is 27.2. The summed E-state index contributed by atoms with van der Waals surface area (Å²) in [7, 11) is 2.22. The summed E-state index contributed by atoms with van der Waals surface area (Å²) < 4.78 is 6.30. The van der Waals surface area contributed by atoms with Gasteiger partial charge in [-0.25, -0.2) is 15.0 Å². The zero-order valence-electron chi connectivity index (χ0n) is 16.8. The summed E-state index contributed by atoms with van der Waals surface area (Å²) in [4.78, 5) is 20.6. The number of hydrogen-bond acceptors (Lipinski definition) is 7. The second-order valence-corrected chi connectivity index (χ2v) is 8.50. The Kier molecular flexibility index (Phi) is 5.01. The molecule has 2 aliphatic heterocycles.